The number of hydrogen-bond donors (Lipinski definition) is 2. The summed E-state index contributed by atoms with van der Waals surface area (Å²) in [5.74, 6) is -0.0138. The summed E-state index contributed by atoms with van der Waals surface area (Å²) < 4.78 is 0. The predicted octanol–water partition coefficient (Wildman–Crippen LogP) is 1.61. The molecule has 0 aromatic rings. The van der Waals surface area contributed by atoms with Crippen molar-refractivity contribution in [3.05, 3.63) is 0 Å². The van der Waals surface area contributed by atoms with Crippen LogP contribution in [0.5, 0.6) is 0 Å². The summed E-state index contributed by atoms with van der Waals surface area (Å²) in [4.78, 5) is 26.2. The van der Waals surface area contributed by atoms with E-state index in [1.165, 1.54) is 12.2 Å². The number of nitrogens with one attached hydrogen (secondary N) is 1. The molecule has 0 spiro atoms. The van der Waals surface area contributed by atoms with Crippen LogP contribution in [0.2, 0.25) is 0 Å². The van der Waals surface area contributed by atoms with Crippen LogP contribution in [0.25, 0.3) is 0 Å². The molecule has 0 fully saturated rings. The van der Waals surface area contributed by atoms with Crippen LogP contribution in [0, 0.1) is 0 Å². The number of nitrogens with zero attached hydrogens (tertiary/aromatic N) is 1. The molecule has 0 aromatic heterocycles. The topological polar surface area (TPSA) is 78.9 Å². The van der Waals surface area contributed by atoms with Crippen LogP contribution in [-0.4, -0.2) is 42.9 Å². The Bertz CT molecular complexity index is 234. The van der Waals surface area contributed by atoms with E-state index >= 15 is 0 Å². The molecule has 0 atom stereocenters. The first kappa shape index (κ1) is 15.7. The van der Waals surface area contributed by atoms with Crippen LogP contribution in [0.15, 0.2) is 0 Å². The molecule has 0 aliphatic heterocycles. The van der Waals surface area contributed by atoms with Gasteiger partial charge in [-0.1, -0.05) is 19.3 Å². The van der Waals surface area contributed by atoms with E-state index < -0.39 is 6.09 Å². The van der Waals surface area contributed by atoms with Gasteiger partial charge in [0.2, 0.25) is 5.91 Å². The second-order valence-corrected chi connectivity index (χ2v) is 3.82. The Labute approximate surface area is 102 Å². The summed E-state index contributed by atoms with van der Waals surface area (Å²) in [7, 11) is 3.06. The normalized spacial score (nSPS) is 10.0. The SMILES string of the molecule is CON(C)C(=O)CCCCCCCNC(=O)O. The van der Waals surface area contributed by atoms with Crippen molar-refractivity contribution in [3.63, 3.8) is 0 Å². The molecule has 100 valence electrons. The molecule has 6 nitrogen and oxygen atoms in total. The van der Waals surface area contributed by atoms with Crippen LogP contribution in [0.3, 0.4) is 0 Å². The van der Waals surface area contributed by atoms with E-state index in [4.69, 9.17) is 9.94 Å². The lowest BCUT2D eigenvalue weighted by atomic mass is 10.1. The molecule has 0 aromatic carbocycles. The fourth-order valence-corrected chi connectivity index (χ4v) is 1.39. The van der Waals surface area contributed by atoms with Gasteiger partial charge in [0.05, 0.1) is 7.11 Å². The first-order chi connectivity index (χ1) is 8.07. The van der Waals surface area contributed by atoms with Gasteiger partial charge in [-0.15, -0.1) is 0 Å². The molecule has 2 N–H and O–H groups in total. The molecule has 17 heavy (non-hydrogen) atoms. The number of carbonyl (C=O) groups excluding carboxylic acids is 1. The van der Waals surface area contributed by atoms with Crippen molar-refractivity contribution >= 4 is 12.0 Å². The second-order valence-electron chi connectivity index (χ2n) is 3.82. The Morgan fingerprint density at radius 3 is 2.35 bits per heavy atom. The molecule has 0 saturated heterocycles. The van der Waals surface area contributed by atoms with Gasteiger partial charge >= 0.3 is 6.09 Å². The Kier molecular flexibility index (Phi) is 9.14. The van der Waals surface area contributed by atoms with Gasteiger partial charge in [-0.2, -0.15) is 0 Å². The van der Waals surface area contributed by atoms with E-state index in [0.29, 0.717) is 13.0 Å². The number of amides is 2. The van der Waals surface area contributed by atoms with Crippen molar-refractivity contribution in [1.82, 2.24) is 10.4 Å². The molecule has 0 radical (unpaired) electrons. The zero-order valence-electron chi connectivity index (χ0n) is 10.6. The minimum atomic E-state index is -0.974. The monoisotopic (exact) mass is 246 g/mol. The Balaban J connectivity index is 3.24. The molecule has 6 heteroatoms. The minimum Gasteiger partial charge on any atom is -0.465 e. The summed E-state index contributed by atoms with van der Waals surface area (Å²) >= 11 is 0. The third kappa shape index (κ3) is 9.62. The molecule has 0 unspecified atom stereocenters. The van der Waals surface area contributed by atoms with Gasteiger partial charge in [0, 0.05) is 20.0 Å². The van der Waals surface area contributed by atoms with Gasteiger partial charge in [-0.3, -0.25) is 9.63 Å². The van der Waals surface area contributed by atoms with Crippen molar-refractivity contribution in [2.45, 2.75) is 38.5 Å². The van der Waals surface area contributed by atoms with E-state index in [0.717, 1.165) is 32.1 Å². The standard InChI is InChI=1S/C11H22N2O4/c1-13(17-2)10(14)8-6-4-3-5-7-9-12-11(15)16/h12H,3-9H2,1-2H3,(H,15,16). The third-order valence-electron chi connectivity index (χ3n) is 2.47. The molecule has 0 saturated carbocycles. The molecule has 2 amide bonds. The van der Waals surface area contributed by atoms with Gasteiger partial charge in [-0.25, -0.2) is 9.86 Å². The van der Waals surface area contributed by atoms with Gasteiger partial charge in [0.1, 0.15) is 0 Å². The highest BCUT2D eigenvalue weighted by Crippen LogP contribution is 2.06. The second kappa shape index (κ2) is 9.89. The average molecular weight is 246 g/mol. The van der Waals surface area contributed by atoms with Crippen LogP contribution >= 0.6 is 0 Å². The van der Waals surface area contributed by atoms with Gasteiger partial charge in [0.15, 0.2) is 0 Å². The minimum absolute atomic E-state index is 0.0138. The Morgan fingerprint density at radius 1 is 1.18 bits per heavy atom. The van der Waals surface area contributed by atoms with Crippen LogP contribution < -0.4 is 5.32 Å². The smallest absolute Gasteiger partial charge is 0.404 e. The highest BCUT2D eigenvalue weighted by molar-refractivity contribution is 5.74. The zero-order chi connectivity index (χ0) is 13.1. The van der Waals surface area contributed by atoms with Crippen molar-refractivity contribution in [3.8, 4) is 0 Å². The molecule has 0 bridgehead atoms. The molecule has 0 rings (SSSR count). The highest BCUT2D eigenvalue weighted by Gasteiger charge is 2.06. The number of rotatable bonds is 9. The zero-order valence-corrected chi connectivity index (χ0v) is 10.6. The maximum absolute atomic E-state index is 11.3. The van der Waals surface area contributed by atoms with Crippen molar-refractivity contribution < 1.29 is 19.5 Å². The molecular formula is C11H22N2O4. The quantitative estimate of drug-likeness (QED) is 0.478. The first-order valence-electron chi connectivity index (χ1n) is 5.85. The van der Waals surface area contributed by atoms with Gasteiger partial charge in [0.25, 0.3) is 0 Å². The van der Waals surface area contributed by atoms with E-state index in [1.807, 2.05) is 0 Å². The summed E-state index contributed by atoms with van der Waals surface area (Å²) in [6.07, 6.45) is 4.20. The Hall–Kier alpha value is -1.30. The van der Waals surface area contributed by atoms with E-state index in [1.54, 1.807) is 7.05 Å². The number of unbranched alkanes of at least 4 members (excludes halogenated alkanes) is 4. The van der Waals surface area contributed by atoms with Crippen LogP contribution in [-0.2, 0) is 9.63 Å². The highest BCUT2D eigenvalue weighted by atomic mass is 16.7. The summed E-state index contributed by atoms with van der Waals surface area (Å²) in [5, 5.41) is 11.9. The predicted molar refractivity (Wildman–Crippen MR) is 63.5 cm³/mol. The van der Waals surface area contributed by atoms with Crippen molar-refractivity contribution in [1.29, 1.82) is 0 Å². The van der Waals surface area contributed by atoms with E-state index in [2.05, 4.69) is 5.32 Å². The lowest BCUT2D eigenvalue weighted by molar-refractivity contribution is -0.168. The van der Waals surface area contributed by atoms with Gasteiger partial charge < -0.3 is 10.4 Å². The largest absolute Gasteiger partial charge is 0.465 e. The summed E-state index contributed by atoms with van der Waals surface area (Å²) in [5.41, 5.74) is 0. The summed E-state index contributed by atoms with van der Waals surface area (Å²) in [6, 6.07) is 0. The van der Waals surface area contributed by atoms with Crippen molar-refractivity contribution in [2.24, 2.45) is 0 Å². The lowest BCUT2D eigenvalue weighted by Crippen LogP contribution is -2.24. The van der Waals surface area contributed by atoms with Crippen LogP contribution in [0.4, 0.5) is 4.79 Å². The molecule has 0 heterocycles. The molecule has 0 aliphatic rings. The van der Waals surface area contributed by atoms with Crippen molar-refractivity contribution in [2.75, 3.05) is 20.7 Å². The number of hydrogen-bond acceptors (Lipinski definition) is 3. The third-order valence-corrected chi connectivity index (χ3v) is 2.47. The van der Waals surface area contributed by atoms with E-state index in [9.17, 15) is 9.59 Å². The number of carboxylic acid groups (broad SMARTS) is 1. The molecular weight excluding hydrogens is 224 g/mol. The summed E-state index contributed by atoms with van der Waals surface area (Å²) in [6.45, 7) is 0.501. The number of carbonyl (C=O) groups is 2. The van der Waals surface area contributed by atoms with Crippen LogP contribution in [0.1, 0.15) is 38.5 Å². The number of hydroxylamine groups is 2. The lowest BCUT2D eigenvalue weighted by Gasteiger charge is -2.12. The first-order valence-corrected chi connectivity index (χ1v) is 5.85. The maximum Gasteiger partial charge on any atom is 0.404 e. The fourth-order valence-electron chi connectivity index (χ4n) is 1.39. The fraction of sp³-hybridized carbons (Fsp3) is 0.818. The Morgan fingerprint density at radius 2 is 1.76 bits per heavy atom. The van der Waals surface area contributed by atoms with E-state index in [-0.39, 0.29) is 5.91 Å². The maximum atomic E-state index is 11.3. The average Bonchev–Trinajstić information content (AvgIpc) is 2.30. The molecule has 0 aliphatic carbocycles. The van der Waals surface area contributed by atoms with Gasteiger partial charge in [-0.05, 0) is 12.8 Å².